The average Bonchev–Trinajstić information content (AvgIpc) is 2.13. The summed E-state index contributed by atoms with van der Waals surface area (Å²) in [5.74, 6) is 0. The lowest BCUT2D eigenvalue weighted by molar-refractivity contribution is 1.05. The first-order chi connectivity index (χ1) is 4.68. The van der Waals surface area contributed by atoms with Crippen LogP contribution in [0.5, 0.6) is 0 Å². The van der Waals surface area contributed by atoms with Gasteiger partial charge in [0.25, 0.3) is 0 Å². The fourth-order valence-electron chi connectivity index (χ4n) is 0.544. The van der Waals surface area contributed by atoms with Crippen molar-refractivity contribution in [2.45, 2.75) is 16.5 Å². The van der Waals surface area contributed by atoms with Crippen molar-refractivity contribution in [1.82, 2.24) is 0 Å². The summed E-state index contributed by atoms with van der Waals surface area (Å²) in [6.07, 6.45) is 0. The highest BCUT2D eigenvalue weighted by Crippen LogP contribution is 2.31. The Bertz CT molecular complexity index is 209. The summed E-state index contributed by atoms with van der Waals surface area (Å²) < 4.78 is 2.43. The van der Waals surface area contributed by atoms with E-state index in [1.165, 1.54) is 4.21 Å². The molecule has 0 fully saturated rings. The van der Waals surface area contributed by atoms with Gasteiger partial charge >= 0.3 is 0 Å². The zero-order chi connectivity index (χ0) is 7.56. The van der Waals surface area contributed by atoms with Crippen molar-refractivity contribution in [2.24, 2.45) is 5.73 Å². The van der Waals surface area contributed by atoms with E-state index in [0.29, 0.717) is 0 Å². The predicted octanol–water partition coefficient (Wildman–Crippen LogP) is 2.91. The molecular formula is C6H8BrNS2. The van der Waals surface area contributed by atoms with Gasteiger partial charge in [-0.15, -0.1) is 11.3 Å². The Kier molecular flexibility index (Phi) is 3.23. The molecule has 1 heterocycles. The van der Waals surface area contributed by atoms with Gasteiger partial charge in [-0.05, 0) is 35.0 Å². The maximum absolute atomic E-state index is 5.59. The van der Waals surface area contributed by atoms with E-state index in [0.717, 1.165) is 3.79 Å². The first-order valence-corrected chi connectivity index (χ1v) is 5.35. The Balaban J connectivity index is 2.58. The SMILES string of the molecule is CC(N)Sc1ccc(Br)s1. The molecule has 0 aliphatic heterocycles. The second kappa shape index (κ2) is 3.76. The zero-order valence-corrected chi connectivity index (χ0v) is 8.72. The summed E-state index contributed by atoms with van der Waals surface area (Å²) in [6, 6.07) is 4.11. The maximum atomic E-state index is 5.59. The van der Waals surface area contributed by atoms with Gasteiger partial charge in [-0.3, -0.25) is 0 Å². The lowest BCUT2D eigenvalue weighted by atomic mass is 10.7. The molecule has 0 saturated heterocycles. The topological polar surface area (TPSA) is 26.0 Å². The van der Waals surface area contributed by atoms with E-state index in [1.54, 1.807) is 23.1 Å². The normalized spacial score (nSPS) is 13.5. The molecule has 1 nitrogen and oxygen atoms in total. The van der Waals surface area contributed by atoms with Crippen molar-refractivity contribution in [1.29, 1.82) is 0 Å². The van der Waals surface area contributed by atoms with Crippen LogP contribution in [0.1, 0.15) is 6.92 Å². The molecule has 2 N–H and O–H groups in total. The van der Waals surface area contributed by atoms with E-state index < -0.39 is 0 Å². The van der Waals surface area contributed by atoms with Gasteiger partial charge in [0.05, 0.1) is 13.4 Å². The lowest BCUT2D eigenvalue weighted by Gasteiger charge is -1.99. The minimum atomic E-state index is 0.186. The van der Waals surface area contributed by atoms with Gasteiger partial charge in [0.15, 0.2) is 0 Å². The van der Waals surface area contributed by atoms with E-state index in [2.05, 4.69) is 22.0 Å². The van der Waals surface area contributed by atoms with Crippen molar-refractivity contribution in [2.75, 3.05) is 0 Å². The third-order valence-electron chi connectivity index (χ3n) is 0.851. The molecule has 56 valence electrons. The van der Waals surface area contributed by atoms with Crippen molar-refractivity contribution in [3.05, 3.63) is 15.9 Å². The van der Waals surface area contributed by atoms with Crippen molar-refractivity contribution in [3.8, 4) is 0 Å². The summed E-state index contributed by atoms with van der Waals surface area (Å²) >= 11 is 6.79. The van der Waals surface area contributed by atoms with Crippen LogP contribution in [0.15, 0.2) is 20.1 Å². The minimum absolute atomic E-state index is 0.186. The fourth-order valence-corrected chi connectivity index (χ4v) is 3.42. The molecule has 1 aromatic heterocycles. The lowest BCUT2D eigenvalue weighted by Crippen LogP contribution is -2.07. The van der Waals surface area contributed by atoms with Crippen molar-refractivity contribution < 1.29 is 0 Å². The monoisotopic (exact) mass is 237 g/mol. The number of nitrogens with two attached hydrogens (primary N) is 1. The number of hydrogen-bond donors (Lipinski definition) is 1. The second-order valence-electron chi connectivity index (χ2n) is 1.88. The summed E-state index contributed by atoms with van der Waals surface area (Å²) in [4.78, 5) is 0. The molecule has 1 rings (SSSR count). The first kappa shape index (κ1) is 8.59. The third-order valence-corrected chi connectivity index (χ3v) is 3.55. The molecule has 0 bridgehead atoms. The number of thiophene rings is 1. The van der Waals surface area contributed by atoms with Crippen LogP contribution in [-0.2, 0) is 0 Å². The maximum Gasteiger partial charge on any atom is 0.0710 e. The molecule has 4 heteroatoms. The van der Waals surface area contributed by atoms with Gasteiger partial charge < -0.3 is 5.73 Å². The van der Waals surface area contributed by atoms with Gasteiger partial charge in [0.1, 0.15) is 0 Å². The quantitative estimate of drug-likeness (QED) is 0.633. The summed E-state index contributed by atoms with van der Waals surface area (Å²) in [6.45, 7) is 1.98. The number of thioether (sulfide) groups is 1. The number of hydrogen-bond acceptors (Lipinski definition) is 3. The highest BCUT2D eigenvalue weighted by atomic mass is 79.9. The van der Waals surface area contributed by atoms with E-state index in [1.807, 2.05) is 13.0 Å². The molecule has 0 aromatic carbocycles. The Labute approximate surface area is 77.1 Å². The Morgan fingerprint density at radius 2 is 2.40 bits per heavy atom. The standard InChI is InChI=1S/C6H8BrNS2/c1-4(8)9-6-3-2-5(7)10-6/h2-4H,8H2,1H3. The number of halogens is 1. The second-order valence-corrected chi connectivity index (χ2v) is 6.02. The molecule has 0 aliphatic rings. The molecule has 0 spiro atoms. The van der Waals surface area contributed by atoms with E-state index in [4.69, 9.17) is 5.73 Å². The van der Waals surface area contributed by atoms with Crippen LogP contribution >= 0.6 is 39.0 Å². The molecule has 1 atom stereocenters. The van der Waals surface area contributed by atoms with E-state index in [9.17, 15) is 0 Å². The van der Waals surface area contributed by atoms with Gasteiger partial charge in [-0.1, -0.05) is 11.8 Å². The predicted molar refractivity (Wildman–Crippen MR) is 51.5 cm³/mol. The highest BCUT2D eigenvalue weighted by Gasteiger charge is 2.00. The van der Waals surface area contributed by atoms with Crippen molar-refractivity contribution >= 4 is 39.0 Å². The smallest absolute Gasteiger partial charge is 0.0710 e. The molecule has 1 unspecified atom stereocenters. The molecule has 0 amide bonds. The van der Waals surface area contributed by atoms with E-state index >= 15 is 0 Å². The van der Waals surface area contributed by atoms with E-state index in [-0.39, 0.29) is 5.37 Å². The van der Waals surface area contributed by atoms with Crippen LogP contribution in [0, 0.1) is 0 Å². The van der Waals surface area contributed by atoms with Crippen molar-refractivity contribution in [3.63, 3.8) is 0 Å². The molecule has 0 aliphatic carbocycles. The fraction of sp³-hybridized carbons (Fsp3) is 0.333. The molecule has 10 heavy (non-hydrogen) atoms. The summed E-state index contributed by atoms with van der Waals surface area (Å²) in [5, 5.41) is 0.186. The number of rotatable bonds is 2. The van der Waals surface area contributed by atoms with Gasteiger partial charge in [0.2, 0.25) is 0 Å². The zero-order valence-electron chi connectivity index (χ0n) is 5.50. The highest BCUT2D eigenvalue weighted by molar-refractivity contribution is 9.11. The van der Waals surface area contributed by atoms with Crippen LogP contribution < -0.4 is 5.73 Å². The average molecular weight is 238 g/mol. The Hall–Kier alpha value is 0.490. The summed E-state index contributed by atoms with van der Waals surface area (Å²) in [5.41, 5.74) is 5.59. The molecule has 1 aromatic rings. The van der Waals surface area contributed by atoms with Gasteiger partial charge in [0, 0.05) is 0 Å². The van der Waals surface area contributed by atoms with Gasteiger partial charge in [-0.25, -0.2) is 0 Å². The van der Waals surface area contributed by atoms with Crippen LogP contribution in [0.2, 0.25) is 0 Å². The largest absolute Gasteiger partial charge is 0.319 e. The summed E-state index contributed by atoms with van der Waals surface area (Å²) in [7, 11) is 0. The van der Waals surface area contributed by atoms with Crippen LogP contribution in [0.4, 0.5) is 0 Å². The van der Waals surface area contributed by atoms with Crippen LogP contribution in [0.3, 0.4) is 0 Å². The Morgan fingerprint density at radius 1 is 1.70 bits per heavy atom. The first-order valence-electron chi connectivity index (χ1n) is 2.86. The van der Waals surface area contributed by atoms with Gasteiger partial charge in [-0.2, -0.15) is 0 Å². The third kappa shape index (κ3) is 2.62. The molecular weight excluding hydrogens is 230 g/mol. The van der Waals surface area contributed by atoms with Crippen LogP contribution in [-0.4, -0.2) is 5.37 Å². The van der Waals surface area contributed by atoms with Crippen LogP contribution in [0.25, 0.3) is 0 Å². The Morgan fingerprint density at radius 3 is 2.80 bits per heavy atom. The molecule has 0 saturated carbocycles. The minimum Gasteiger partial charge on any atom is -0.319 e. The molecule has 0 radical (unpaired) electrons.